The molecule has 2 aromatic rings. The second kappa shape index (κ2) is 7.75. The molecule has 0 atom stereocenters. The number of amides is 1. The molecule has 1 amide bonds. The minimum Gasteiger partial charge on any atom is -0.489 e. The van der Waals surface area contributed by atoms with Crippen molar-refractivity contribution in [3.8, 4) is 5.75 Å². The molecule has 2 aromatic carbocycles. The van der Waals surface area contributed by atoms with Gasteiger partial charge in [-0.05, 0) is 68.3 Å². The molecule has 3 nitrogen and oxygen atoms in total. The number of ether oxygens (including phenoxy) is 1. The molecular weight excluding hydrogens is 318 g/mol. The van der Waals surface area contributed by atoms with Crippen LogP contribution in [0.2, 0.25) is 0 Å². The lowest BCUT2D eigenvalue weighted by molar-refractivity contribution is 0.266. The summed E-state index contributed by atoms with van der Waals surface area (Å²) in [7, 11) is 1.80. The van der Waals surface area contributed by atoms with E-state index in [4.69, 9.17) is 4.74 Å². The van der Waals surface area contributed by atoms with Crippen LogP contribution in [0.1, 0.15) is 27.8 Å². The first-order valence-corrected chi connectivity index (χ1v) is 9.18. The molecule has 0 N–H and O–H groups in total. The highest BCUT2D eigenvalue weighted by molar-refractivity contribution is 8.13. The van der Waals surface area contributed by atoms with E-state index < -0.39 is 0 Å². The van der Waals surface area contributed by atoms with Gasteiger partial charge in [0.15, 0.2) is 0 Å². The van der Waals surface area contributed by atoms with E-state index in [0.717, 1.165) is 28.1 Å². The van der Waals surface area contributed by atoms with Gasteiger partial charge >= 0.3 is 0 Å². The monoisotopic (exact) mass is 343 g/mol. The van der Waals surface area contributed by atoms with Gasteiger partial charge in [-0.1, -0.05) is 30.0 Å². The van der Waals surface area contributed by atoms with E-state index in [2.05, 4.69) is 32.9 Å². The molecule has 0 aliphatic heterocycles. The number of nitrogens with zero attached hydrogens (tertiary/aromatic N) is 1. The summed E-state index contributed by atoms with van der Waals surface area (Å²) >= 11 is 1.21. The number of anilines is 1. The summed E-state index contributed by atoms with van der Waals surface area (Å²) in [6.07, 6.45) is 1.79. The first-order valence-electron chi connectivity index (χ1n) is 7.96. The number of carbonyl (C=O) groups is 1. The van der Waals surface area contributed by atoms with Crippen molar-refractivity contribution in [1.29, 1.82) is 0 Å². The molecule has 0 heterocycles. The number of hydrogen-bond donors (Lipinski definition) is 0. The fraction of sp³-hybridized carbons (Fsp3) is 0.350. The molecule has 2 rings (SSSR count). The number of hydrogen-bond acceptors (Lipinski definition) is 3. The Hall–Kier alpha value is -1.94. The molecular formula is C20H25NO2S. The quantitative estimate of drug-likeness (QED) is 0.742. The molecule has 0 bridgehead atoms. The molecule has 0 saturated heterocycles. The SMILES string of the molecule is CSC(=O)N(C)c1cccc(C)c1COc1cc(C)c(C)cc1C. The standard InChI is InChI=1S/C20H25NO2S/c1-13-8-7-9-18(21(5)20(22)24-6)17(13)12-23-19-11-15(3)14(2)10-16(19)4/h7-11H,12H2,1-6H3. The molecule has 24 heavy (non-hydrogen) atoms. The van der Waals surface area contributed by atoms with Crippen molar-refractivity contribution >= 4 is 22.7 Å². The second-order valence-electron chi connectivity index (χ2n) is 6.09. The fourth-order valence-electron chi connectivity index (χ4n) is 2.66. The van der Waals surface area contributed by atoms with Crippen LogP contribution < -0.4 is 9.64 Å². The van der Waals surface area contributed by atoms with Gasteiger partial charge in [-0.2, -0.15) is 0 Å². The van der Waals surface area contributed by atoms with E-state index in [9.17, 15) is 4.79 Å². The first kappa shape index (κ1) is 18.4. The van der Waals surface area contributed by atoms with Crippen molar-refractivity contribution in [3.05, 3.63) is 58.1 Å². The Morgan fingerprint density at radius 2 is 1.71 bits per heavy atom. The van der Waals surface area contributed by atoms with Crippen LogP contribution in [0.15, 0.2) is 30.3 Å². The van der Waals surface area contributed by atoms with Gasteiger partial charge in [0.2, 0.25) is 0 Å². The molecule has 0 radical (unpaired) electrons. The lowest BCUT2D eigenvalue weighted by Gasteiger charge is -2.22. The van der Waals surface area contributed by atoms with Gasteiger partial charge in [0.05, 0.1) is 5.69 Å². The maximum absolute atomic E-state index is 12.0. The summed E-state index contributed by atoms with van der Waals surface area (Å²) in [4.78, 5) is 13.7. The Morgan fingerprint density at radius 1 is 1.04 bits per heavy atom. The number of thioether (sulfide) groups is 1. The molecule has 128 valence electrons. The summed E-state index contributed by atoms with van der Waals surface area (Å²) in [6.45, 7) is 8.74. The third-order valence-corrected chi connectivity index (χ3v) is 4.98. The van der Waals surface area contributed by atoms with Crippen LogP contribution in [0, 0.1) is 27.7 Å². The molecule has 0 fully saturated rings. The Bertz CT molecular complexity index is 756. The fourth-order valence-corrected chi connectivity index (χ4v) is 3.04. The molecule has 0 spiro atoms. The zero-order valence-corrected chi connectivity index (χ0v) is 16.1. The Labute approximate surface area is 149 Å². The summed E-state index contributed by atoms with van der Waals surface area (Å²) in [6, 6.07) is 10.2. The minimum atomic E-state index is 0.0178. The van der Waals surface area contributed by atoms with Crippen molar-refractivity contribution in [2.75, 3.05) is 18.2 Å². The predicted molar refractivity (Wildman–Crippen MR) is 103 cm³/mol. The summed E-state index contributed by atoms with van der Waals surface area (Å²) in [5, 5.41) is 0.0178. The van der Waals surface area contributed by atoms with E-state index in [-0.39, 0.29) is 5.24 Å². The van der Waals surface area contributed by atoms with Crippen LogP contribution in [-0.4, -0.2) is 18.5 Å². The molecule has 0 saturated carbocycles. The van der Waals surface area contributed by atoms with E-state index in [1.807, 2.05) is 25.1 Å². The molecule has 0 aliphatic rings. The lowest BCUT2D eigenvalue weighted by atomic mass is 10.1. The third-order valence-electron chi connectivity index (χ3n) is 4.36. The lowest BCUT2D eigenvalue weighted by Crippen LogP contribution is -2.23. The first-order chi connectivity index (χ1) is 11.3. The highest BCUT2D eigenvalue weighted by atomic mass is 32.2. The van der Waals surface area contributed by atoms with Gasteiger partial charge in [-0.25, -0.2) is 0 Å². The number of benzene rings is 2. The summed E-state index contributed by atoms with van der Waals surface area (Å²) in [5.41, 5.74) is 6.67. The van der Waals surface area contributed by atoms with Crippen molar-refractivity contribution in [1.82, 2.24) is 0 Å². The topological polar surface area (TPSA) is 29.5 Å². The molecule has 0 aromatic heterocycles. The van der Waals surface area contributed by atoms with Gasteiger partial charge in [0, 0.05) is 12.6 Å². The van der Waals surface area contributed by atoms with Crippen molar-refractivity contribution in [2.45, 2.75) is 34.3 Å². The van der Waals surface area contributed by atoms with Gasteiger partial charge in [-0.3, -0.25) is 4.79 Å². The Kier molecular flexibility index (Phi) is 5.94. The third kappa shape index (κ3) is 3.93. The average Bonchev–Trinajstić information content (AvgIpc) is 2.56. The van der Waals surface area contributed by atoms with Crippen molar-refractivity contribution in [2.24, 2.45) is 0 Å². The van der Waals surface area contributed by atoms with E-state index in [1.54, 1.807) is 18.2 Å². The van der Waals surface area contributed by atoms with Crippen molar-refractivity contribution < 1.29 is 9.53 Å². The summed E-state index contributed by atoms with van der Waals surface area (Å²) < 4.78 is 6.10. The van der Waals surface area contributed by atoms with Gasteiger partial charge < -0.3 is 9.64 Å². The maximum Gasteiger partial charge on any atom is 0.285 e. The largest absolute Gasteiger partial charge is 0.489 e. The second-order valence-corrected chi connectivity index (χ2v) is 6.85. The number of aryl methyl sites for hydroxylation is 4. The zero-order chi connectivity index (χ0) is 17.9. The molecule has 0 aliphatic carbocycles. The molecule has 0 unspecified atom stereocenters. The predicted octanol–water partition coefficient (Wildman–Crippen LogP) is 5.42. The van der Waals surface area contributed by atoms with Crippen LogP contribution in [-0.2, 0) is 6.61 Å². The van der Waals surface area contributed by atoms with Crippen LogP contribution in [0.3, 0.4) is 0 Å². The average molecular weight is 343 g/mol. The highest BCUT2D eigenvalue weighted by Gasteiger charge is 2.16. The van der Waals surface area contributed by atoms with Gasteiger partial charge in [0.1, 0.15) is 12.4 Å². The Morgan fingerprint density at radius 3 is 2.38 bits per heavy atom. The van der Waals surface area contributed by atoms with E-state index in [1.165, 1.54) is 22.9 Å². The van der Waals surface area contributed by atoms with E-state index >= 15 is 0 Å². The highest BCUT2D eigenvalue weighted by Crippen LogP contribution is 2.28. The molecule has 4 heteroatoms. The Balaban J connectivity index is 2.30. The van der Waals surface area contributed by atoms with Gasteiger partial charge in [-0.15, -0.1) is 0 Å². The normalized spacial score (nSPS) is 10.6. The number of rotatable bonds is 4. The minimum absolute atomic E-state index is 0.0178. The van der Waals surface area contributed by atoms with Crippen LogP contribution >= 0.6 is 11.8 Å². The van der Waals surface area contributed by atoms with Crippen LogP contribution in [0.25, 0.3) is 0 Å². The van der Waals surface area contributed by atoms with Crippen LogP contribution in [0.5, 0.6) is 5.75 Å². The van der Waals surface area contributed by atoms with E-state index in [0.29, 0.717) is 6.61 Å². The smallest absolute Gasteiger partial charge is 0.285 e. The van der Waals surface area contributed by atoms with Crippen molar-refractivity contribution in [3.63, 3.8) is 0 Å². The van der Waals surface area contributed by atoms with Crippen LogP contribution in [0.4, 0.5) is 10.5 Å². The maximum atomic E-state index is 12.0. The number of carbonyl (C=O) groups excluding carboxylic acids is 1. The zero-order valence-electron chi connectivity index (χ0n) is 15.3. The van der Waals surface area contributed by atoms with Gasteiger partial charge in [0.25, 0.3) is 5.24 Å². The summed E-state index contributed by atoms with van der Waals surface area (Å²) in [5.74, 6) is 0.895.